The lowest BCUT2D eigenvalue weighted by molar-refractivity contribution is -0.138. The van der Waals surface area contributed by atoms with Crippen molar-refractivity contribution in [3.63, 3.8) is 0 Å². The Hall–Kier alpha value is -4.92. The van der Waals surface area contributed by atoms with E-state index >= 15 is 0 Å². The van der Waals surface area contributed by atoms with Crippen LogP contribution in [0.3, 0.4) is 0 Å². The van der Waals surface area contributed by atoms with Crippen LogP contribution in [0.4, 0.5) is 0 Å². The van der Waals surface area contributed by atoms with Crippen LogP contribution < -0.4 is 24.4 Å². The van der Waals surface area contributed by atoms with E-state index in [1.54, 1.807) is 30.7 Å². The van der Waals surface area contributed by atoms with Crippen LogP contribution in [0.5, 0.6) is 11.5 Å². The average molecular weight is 637 g/mol. The van der Waals surface area contributed by atoms with Gasteiger partial charge in [-0.05, 0) is 30.7 Å². The number of esters is 1. The molecule has 4 aromatic carbocycles. The molecule has 0 N–H and O–H groups in total. The highest BCUT2D eigenvalue weighted by Crippen LogP contribution is 2.36. The predicted molar refractivity (Wildman–Crippen MR) is 176 cm³/mol. The molecule has 0 bridgehead atoms. The van der Waals surface area contributed by atoms with E-state index in [4.69, 9.17) is 30.8 Å². The number of hydrogen-bond donors (Lipinski definition) is 0. The summed E-state index contributed by atoms with van der Waals surface area (Å²) in [5.41, 5.74) is 3.47. The van der Waals surface area contributed by atoms with Crippen LogP contribution in [0.15, 0.2) is 118 Å². The first-order valence-corrected chi connectivity index (χ1v) is 15.6. The second-order valence-electron chi connectivity index (χ2n) is 10.1. The lowest BCUT2D eigenvalue weighted by Gasteiger charge is -2.25. The number of fused-ring (bicyclic) bond motifs is 1. The van der Waals surface area contributed by atoms with Crippen LogP contribution in [0.1, 0.15) is 35.2 Å². The molecule has 2 heterocycles. The summed E-state index contributed by atoms with van der Waals surface area (Å²) in [7, 11) is 1.57. The van der Waals surface area contributed by atoms with Gasteiger partial charge in [0.15, 0.2) is 16.3 Å². The molecule has 0 saturated carbocycles. The van der Waals surface area contributed by atoms with E-state index < -0.39 is 12.0 Å². The Balaban J connectivity index is 1.55. The molecule has 0 unspecified atom stereocenters. The summed E-state index contributed by atoms with van der Waals surface area (Å²) in [6.07, 6.45) is 1.77. The van der Waals surface area contributed by atoms with Gasteiger partial charge in [-0.3, -0.25) is 9.36 Å². The molecule has 1 atom stereocenters. The molecular weight excluding hydrogens is 608 g/mol. The molecule has 45 heavy (non-hydrogen) atoms. The topological polar surface area (TPSA) is 79.1 Å². The van der Waals surface area contributed by atoms with E-state index in [0.717, 1.165) is 16.7 Å². The van der Waals surface area contributed by atoms with E-state index in [1.165, 1.54) is 11.3 Å². The summed E-state index contributed by atoms with van der Waals surface area (Å²) in [6, 6.07) is 31.1. The number of rotatable bonds is 9. The van der Waals surface area contributed by atoms with Crippen molar-refractivity contribution in [2.75, 3.05) is 13.7 Å². The largest absolute Gasteiger partial charge is 0.493 e. The molecule has 5 aromatic rings. The molecule has 6 rings (SSSR count). The number of thiazole rings is 1. The zero-order valence-corrected chi connectivity index (χ0v) is 26.2. The van der Waals surface area contributed by atoms with Gasteiger partial charge in [-0.1, -0.05) is 114 Å². The molecule has 0 aliphatic carbocycles. The van der Waals surface area contributed by atoms with Gasteiger partial charge in [0.2, 0.25) is 0 Å². The fourth-order valence-electron chi connectivity index (χ4n) is 5.26. The van der Waals surface area contributed by atoms with Crippen LogP contribution >= 0.6 is 22.9 Å². The lowest BCUT2D eigenvalue weighted by atomic mass is 9.93. The Morgan fingerprint density at radius 3 is 2.38 bits per heavy atom. The number of ether oxygens (including phenoxy) is 3. The fourth-order valence-corrected chi connectivity index (χ4v) is 6.44. The Morgan fingerprint density at radius 2 is 1.67 bits per heavy atom. The maximum absolute atomic E-state index is 14.3. The SMILES string of the molecule is CCOC(=O)C1=C(c2ccccc2)N=c2s/c(=C\c3cccc(OC)c3OCc3ccccc3Cl)c(=O)n2[C@H]1c1ccccc1. The van der Waals surface area contributed by atoms with Crippen molar-refractivity contribution >= 4 is 40.7 Å². The summed E-state index contributed by atoms with van der Waals surface area (Å²) in [5, 5.41) is 0.592. The predicted octanol–water partition coefficient (Wildman–Crippen LogP) is 6.18. The highest BCUT2D eigenvalue weighted by Gasteiger charge is 2.35. The number of carbonyl (C=O) groups excluding carboxylic acids is 1. The van der Waals surface area contributed by atoms with Gasteiger partial charge in [0, 0.05) is 21.7 Å². The molecule has 0 spiro atoms. The summed E-state index contributed by atoms with van der Waals surface area (Å²) < 4.78 is 19.4. The second kappa shape index (κ2) is 13.4. The van der Waals surface area contributed by atoms with Crippen LogP contribution in [0.2, 0.25) is 5.02 Å². The maximum atomic E-state index is 14.3. The molecule has 7 nitrogen and oxygen atoms in total. The number of methoxy groups -OCH3 is 1. The lowest BCUT2D eigenvalue weighted by Crippen LogP contribution is -2.40. The first kappa shape index (κ1) is 30.1. The monoisotopic (exact) mass is 636 g/mol. The standard InChI is InChI=1S/C36H29ClN2O5S/c1-3-43-35(41)30-31(23-13-6-4-7-14-23)38-36-39(32(30)24-15-8-5-9-16-24)34(40)29(45-36)21-25-18-12-20-28(42-2)33(25)44-22-26-17-10-11-19-27(26)37/h4-21,32H,3,22H2,1-2H3/b29-21-/t32-/m0/s1. The van der Waals surface area contributed by atoms with E-state index in [2.05, 4.69) is 0 Å². The number of para-hydroxylation sites is 1. The molecule has 1 aromatic heterocycles. The van der Waals surface area contributed by atoms with Gasteiger partial charge >= 0.3 is 5.97 Å². The number of benzene rings is 4. The third-order valence-electron chi connectivity index (χ3n) is 7.33. The third kappa shape index (κ3) is 6.07. The van der Waals surface area contributed by atoms with Crippen molar-refractivity contribution < 1.29 is 19.0 Å². The molecule has 0 saturated heterocycles. The van der Waals surface area contributed by atoms with Gasteiger partial charge in [-0.15, -0.1) is 0 Å². The summed E-state index contributed by atoms with van der Waals surface area (Å²) >= 11 is 7.62. The minimum Gasteiger partial charge on any atom is -0.493 e. The molecule has 0 radical (unpaired) electrons. The number of halogens is 1. The Bertz CT molecular complexity index is 2070. The van der Waals surface area contributed by atoms with Gasteiger partial charge in [0.25, 0.3) is 5.56 Å². The Labute approximate surface area is 268 Å². The van der Waals surface area contributed by atoms with Crippen molar-refractivity contribution in [1.82, 2.24) is 4.57 Å². The number of aromatic nitrogens is 1. The summed E-state index contributed by atoms with van der Waals surface area (Å²) in [5.74, 6) is 0.468. The van der Waals surface area contributed by atoms with Gasteiger partial charge in [0.05, 0.1) is 35.6 Å². The zero-order chi connectivity index (χ0) is 31.3. The Morgan fingerprint density at radius 1 is 0.956 bits per heavy atom. The molecule has 9 heteroatoms. The van der Waals surface area contributed by atoms with Crippen molar-refractivity contribution in [2.24, 2.45) is 4.99 Å². The van der Waals surface area contributed by atoms with E-state index in [-0.39, 0.29) is 18.8 Å². The van der Waals surface area contributed by atoms with Crippen molar-refractivity contribution in [3.8, 4) is 11.5 Å². The molecule has 1 aliphatic rings. The van der Waals surface area contributed by atoms with E-state index in [0.29, 0.717) is 42.7 Å². The van der Waals surface area contributed by atoms with Gasteiger partial charge in [-0.25, -0.2) is 9.79 Å². The van der Waals surface area contributed by atoms with Gasteiger partial charge < -0.3 is 14.2 Å². The quantitative estimate of drug-likeness (QED) is 0.181. The van der Waals surface area contributed by atoms with Crippen molar-refractivity contribution in [1.29, 1.82) is 0 Å². The van der Waals surface area contributed by atoms with Crippen LogP contribution in [-0.4, -0.2) is 24.3 Å². The Kier molecular flexibility index (Phi) is 8.96. The first-order valence-electron chi connectivity index (χ1n) is 14.4. The second-order valence-corrected chi connectivity index (χ2v) is 11.5. The van der Waals surface area contributed by atoms with Crippen molar-refractivity contribution in [3.05, 3.63) is 156 Å². The number of hydrogen-bond acceptors (Lipinski definition) is 7. The molecular formula is C36H29ClN2O5S. The minimum atomic E-state index is -0.750. The van der Waals surface area contributed by atoms with E-state index in [1.807, 2.05) is 97.1 Å². The summed E-state index contributed by atoms with van der Waals surface area (Å²) in [4.78, 5) is 33.3. The number of carbonyl (C=O) groups is 1. The first-order chi connectivity index (χ1) is 22.0. The molecule has 0 amide bonds. The van der Waals surface area contributed by atoms with Crippen LogP contribution in [-0.2, 0) is 16.1 Å². The van der Waals surface area contributed by atoms with Gasteiger partial charge in [-0.2, -0.15) is 0 Å². The average Bonchev–Trinajstić information content (AvgIpc) is 3.38. The number of nitrogens with zero attached hydrogens (tertiary/aromatic N) is 2. The van der Waals surface area contributed by atoms with Crippen molar-refractivity contribution in [2.45, 2.75) is 19.6 Å². The fraction of sp³-hybridized carbons (Fsp3) is 0.139. The van der Waals surface area contributed by atoms with Crippen LogP contribution in [0, 0.1) is 0 Å². The molecule has 1 aliphatic heterocycles. The third-order valence-corrected chi connectivity index (χ3v) is 8.69. The normalized spacial score (nSPS) is 14.5. The molecule has 0 fully saturated rings. The summed E-state index contributed by atoms with van der Waals surface area (Å²) in [6.45, 7) is 2.15. The highest BCUT2D eigenvalue weighted by molar-refractivity contribution is 7.07. The van der Waals surface area contributed by atoms with Gasteiger partial charge in [0.1, 0.15) is 6.61 Å². The molecule has 226 valence electrons. The maximum Gasteiger partial charge on any atom is 0.338 e. The van der Waals surface area contributed by atoms with E-state index in [9.17, 15) is 9.59 Å². The zero-order valence-electron chi connectivity index (χ0n) is 24.6. The smallest absolute Gasteiger partial charge is 0.338 e. The minimum absolute atomic E-state index is 0.184. The highest BCUT2D eigenvalue weighted by atomic mass is 35.5. The van der Waals surface area contributed by atoms with Crippen LogP contribution in [0.25, 0.3) is 11.8 Å².